The van der Waals surface area contributed by atoms with Crippen molar-refractivity contribution < 1.29 is 16.5 Å². The summed E-state index contributed by atoms with van der Waals surface area (Å²) in [5.74, 6) is 1.47. The molecular weight excluding hydrogens is 411 g/mol. The Morgan fingerprint density at radius 1 is 1.10 bits per heavy atom. The second-order valence-electron chi connectivity index (χ2n) is 7.54. The first-order chi connectivity index (χ1) is 14.5. The van der Waals surface area contributed by atoms with E-state index >= 15 is 0 Å². The zero-order valence-corrected chi connectivity index (χ0v) is 17.0. The molecule has 1 aromatic carbocycles. The fraction of sp³-hybridized carbons (Fsp3) is 0.421. The third kappa shape index (κ3) is 3.64. The van der Waals surface area contributed by atoms with Crippen molar-refractivity contribution in [3.05, 3.63) is 30.0 Å². The Morgan fingerprint density at radius 2 is 1.93 bits per heavy atom. The molecule has 0 atom stereocenters. The van der Waals surface area contributed by atoms with Crippen LogP contribution in [-0.2, 0) is 16.9 Å². The number of aromatic nitrogens is 4. The fourth-order valence-corrected chi connectivity index (χ4v) is 4.54. The van der Waals surface area contributed by atoms with Crippen LogP contribution in [0.4, 0.5) is 21.2 Å². The van der Waals surface area contributed by atoms with Crippen LogP contribution in [0.2, 0.25) is 0 Å². The number of anilines is 3. The van der Waals surface area contributed by atoms with E-state index in [0.717, 1.165) is 62.4 Å². The maximum absolute atomic E-state index is 12.9. The van der Waals surface area contributed by atoms with E-state index in [2.05, 4.69) is 24.3 Å². The van der Waals surface area contributed by atoms with Gasteiger partial charge in [0.25, 0.3) is 0 Å². The molecule has 0 saturated carbocycles. The number of nitrogens with zero attached hydrogens (tertiary/aromatic N) is 5. The van der Waals surface area contributed by atoms with E-state index in [0.29, 0.717) is 17.0 Å². The van der Waals surface area contributed by atoms with Gasteiger partial charge in [-0.05, 0) is 55.9 Å². The van der Waals surface area contributed by atoms with E-state index in [1.165, 1.54) is 12.5 Å². The molecule has 0 spiro atoms. The SMILES string of the molecule is O=S(=O)(F)Oc1ccc2c(c1)CCCN2c1n[nH]c2nc(N3CCCCC3)cnc12. The first-order valence-electron chi connectivity index (χ1n) is 9.98. The highest BCUT2D eigenvalue weighted by atomic mass is 32.3. The monoisotopic (exact) mass is 432 g/mol. The van der Waals surface area contributed by atoms with E-state index in [1.807, 2.05) is 4.90 Å². The van der Waals surface area contributed by atoms with Gasteiger partial charge in [-0.15, -0.1) is 0 Å². The van der Waals surface area contributed by atoms with Crippen LogP contribution < -0.4 is 14.0 Å². The molecule has 9 nitrogen and oxygen atoms in total. The summed E-state index contributed by atoms with van der Waals surface area (Å²) in [6.07, 6.45) is 6.91. The average molecular weight is 432 g/mol. The topological polar surface area (TPSA) is 104 Å². The summed E-state index contributed by atoms with van der Waals surface area (Å²) in [6.45, 7) is 2.70. The van der Waals surface area contributed by atoms with Gasteiger partial charge in [0.05, 0.1) is 6.20 Å². The Balaban J connectivity index is 1.47. The van der Waals surface area contributed by atoms with Crippen LogP contribution >= 0.6 is 0 Å². The third-order valence-electron chi connectivity index (χ3n) is 5.54. The Hall–Kier alpha value is -2.95. The Morgan fingerprint density at radius 3 is 2.73 bits per heavy atom. The molecule has 30 heavy (non-hydrogen) atoms. The molecule has 0 amide bonds. The lowest BCUT2D eigenvalue weighted by atomic mass is 10.0. The van der Waals surface area contributed by atoms with Gasteiger partial charge in [0.1, 0.15) is 11.6 Å². The average Bonchev–Trinajstić information content (AvgIpc) is 3.15. The smallest absolute Gasteiger partial charge is 0.358 e. The van der Waals surface area contributed by atoms with Gasteiger partial charge in [-0.2, -0.15) is 13.5 Å². The van der Waals surface area contributed by atoms with E-state index in [4.69, 9.17) is 4.98 Å². The Labute approximate surface area is 173 Å². The van der Waals surface area contributed by atoms with Gasteiger partial charge < -0.3 is 14.0 Å². The van der Waals surface area contributed by atoms with Gasteiger partial charge >= 0.3 is 10.5 Å². The number of rotatable bonds is 4. The molecular formula is C19H21FN6O3S. The highest BCUT2D eigenvalue weighted by Crippen LogP contribution is 2.37. The standard InChI is InChI=1S/C19H21FN6O3S/c20-30(27,28)29-14-6-7-15-13(11-14)5-4-10-26(15)19-17-18(23-24-19)22-16(12-21-17)25-8-2-1-3-9-25/h6-7,11-12H,1-5,8-10H2,(H,22,23,24). The van der Waals surface area contributed by atoms with Gasteiger partial charge in [0.15, 0.2) is 17.0 Å². The van der Waals surface area contributed by atoms with Crippen molar-refractivity contribution in [2.24, 2.45) is 0 Å². The molecule has 1 N–H and O–H groups in total. The first kappa shape index (κ1) is 19.0. The fourth-order valence-electron chi connectivity index (χ4n) is 4.20. The van der Waals surface area contributed by atoms with Crippen molar-refractivity contribution in [1.29, 1.82) is 0 Å². The van der Waals surface area contributed by atoms with Gasteiger partial charge in [0, 0.05) is 25.3 Å². The summed E-state index contributed by atoms with van der Waals surface area (Å²) < 4.78 is 38.8. The second kappa shape index (κ2) is 7.38. The van der Waals surface area contributed by atoms with Crippen molar-refractivity contribution in [2.75, 3.05) is 29.4 Å². The number of halogens is 1. The van der Waals surface area contributed by atoms with Crippen LogP contribution in [0.5, 0.6) is 5.75 Å². The zero-order chi connectivity index (χ0) is 20.7. The zero-order valence-electron chi connectivity index (χ0n) is 16.2. The number of aryl methyl sites for hydroxylation is 1. The van der Waals surface area contributed by atoms with Crippen LogP contribution in [0.1, 0.15) is 31.2 Å². The molecule has 1 fully saturated rings. The number of H-pyrrole nitrogens is 1. The van der Waals surface area contributed by atoms with Crippen LogP contribution in [0.25, 0.3) is 11.2 Å². The highest BCUT2D eigenvalue weighted by Gasteiger charge is 2.25. The largest absolute Gasteiger partial charge is 0.488 e. The number of hydrogen-bond donors (Lipinski definition) is 1. The van der Waals surface area contributed by atoms with Gasteiger partial charge in [-0.3, -0.25) is 5.10 Å². The molecule has 0 bridgehead atoms. The maximum atomic E-state index is 12.9. The molecule has 11 heteroatoms. The summed E-state index contributed by atoms with van der Waals surface area (Å²) in [6, 6.07) is 4.70. The van der Waals surface area contributed by atoms with Crippen molar-refractivity contribution in [3.63, 3.8) is 0 Å². The molecule has 158 valence electrons. The number of fused-ring (bicyclic) bond motifs is 2. The lowest BCUT2D eigenvalue weighted by Gasteiger charge is -2.29. The molecule has 2 aliphatic rings. The summed E-state index contributed by atoms with van der Waals surface area (Å²) in [5, 5.41) is 7.45. The van der Waals surface area contributed by atoms with Crippen LogP contribution in [0, 0.1) is 0 Å². The van der Waals surface area contributed by atoms with Crippen molar-refractivity contribution in [2.45, 2.75) is 32.1 Å². The molecule has 0 radical (unpaired) electrons. The lowest BCUT2D eigenvalue weighted by molar-refractivity contribution is 0.440. The molecule has 2 aromatic heterocycles. The summed E-state index contributed by atoms with van der Waals surface area (Å²) >= 11 is 0. The molecule has 5 rings (SSSR count). The van der Waals surface area contributed by atoms with Crippen molar-refractivity contribution in [3.8, 4) is 5.75 Å². The maximum Gasteiger partial charge on any atom is 0.488 e. The predicted molar refractivity (Wildman–Crippen MR) is 110 cm³/mol. The molecule has 2 aliphatic heterocycles. The van der Waals surface area contributed by atoms with E-state index in [1.54, 1.807) is 18.3 Å². The summed E-state index contributed by atoms with van der Waals surface area (Å²) in [7, 11) is -5.06. The Kier molecular flexibility index (Phi) is 4.69. The third-order valence-corrected chi connectivity index (χ3v) is 5.93. The van der Waals surface area contributed by atoms with Crippen LogP contribution in [-0.4, -0.2) is 48.2 Å². The first-order valence-corrected chi connectivity index (χ1v) is 11.3. The number of piperidine rings is 1. The summed E-state index contributed by atoms with van der Waals surface area (Å²) in [4.78, 5) is 13.6. The van der Waals surface area contributed by atoms with E-state index in [9.17, 15) is 12.3 Å². The van der Waals surface area contributed by atoms with E-state index in [-0.39, 0.29) is 5.75 Å². The van der Waals surface area contributed by atoms with Gasteiger partial charge in [-0.1, -0.05) is 3.89 Å². The Bertz CT molecular complexity index is 1190. The summed E-state index contributed by atoms with van der Waals surface area (Å²) in [5.41, 5.74) is 3.02. The van der Waals surface area contributed by atoms with Gasteiger partial charge in [0.2, 0.25) is 0 Å². The second-order valence-corrected chi connectivity index (χ2v) is 8.50. The number of hydrogen-bond acceptors (Lipinski definition) is 8. The molecule has 3 aromatic rings. The quantitative estimate of drug-likeness (QED) is 0.628. The molecule has 1 saturated heterocycles. The molecule has 0 unspecified atom stereocenters. The van der Waals surface area contributed by atoms with Crippen molar-refractivity contribution >= 4 is 39.0 Å². The lowest BCUT2D eigenvalue weighted by Crippen LogP contribution is -2.30. The van der Waals surface area contributed by atoms with Crippen LogP contribution in [0.15, 0.2) is 24.4 Å². The number of nitrogens with one attached hydrogen (secondary N) is 1. The van der Waals surface area contributed by atoms with Crippen LogP contribution in [0.3, 0.4) is 0 Å². The number of aromatic amines is 1. The minimum atomic E-state index is -5.06. The number of benzene rings is 1. The highest BCUT2D eigenvalue weighted by molar-refractivity contribution is 7.81. The van der Waals surface area contributed by atoms with E-state index < -0.39 is 10.5 Å². The van der Waals surface area contributed by atoms with Crippen molar-refractivity contribution in [1.82, 2.24) is 20.2 Å². The minimum Gasteiger partial charge on any atom is -0.358 e. The molecule has 0 aliphatic carbocycles. The predicted octanol–water partition coefficient (Wildman–Crippen LogP) is 3.02. The molecule has 4 heterocycles. The normalized spacial score (nSPS) is 17.2. The van der Waals surface area contributed by atoms with Gasteiger partial charge in [-0.25, -0.2) is 9.97 Å². The minimum absolute atomic E-state index is 0.0454.